The highest BCUT2D eigenvalue weighted by molar-refractivity contribution is 9.10. The van der Waals surface area contributed by atoms with Gasteiger partial charge in [-0.3, -0.25) is 5.41 Å². The fourth-order valence-corrected chi connectivity index (χ4v) is 2.72. The van der Waals surface area contributed by atoms with Crippen LogP contribution in [0, 0.1) is 5.41 Å². The minimum Gasteiger partial charge on any atom is -0.437 e. The van der Waals surface area contributed by atoms with Gasteiger partial charge in [0.15, 0.2) is 0 Å². The minimum atomic E-state index is -0.0192. The summed E-state index contributed by atoms with van der Waals surface area (Å²) in [6, 6.07) is 9.49. The quantitative estimate of drug-likeness (QED) is 0.668. The zero-order valence-corrected chi connectivity index (χ0v) is 12.4. The molecule has 0 aliphatic heterocycles. The molecule has 102 valence electrons. The number of benzene rings is 1. The highest BCUT2D eigenvalue weighted by Crippen LogP contribution is 2.32. The third-order valence-corrected chi connectivity index (χ3v) is 4.00. The van der Waals surface area contributed by atoms with Crippen LogP contribution in [0.2, 0.25) is 0 Å². The number of pyridine rings is 1. The molecule has 2 aromatic rings. The van der Waals surface area contributed by atoms with E-state index in [9.17, 15) is 0 Å². The normalized spacial score (nSPS) is 13.1. The van der Waals surface area contributed by atoms with E-state index < -0.39 is 0 Å². The van der Waals surface area contributed by atoms with E-state index in [0.29, 0.717) is 17.2 Å². The van der Waals surface area contributed by atoms with Crippen molar-refractivity contribution in [1.82, 2.24) is 4.98 Å². The lowest BCUT2D eigenvalue weighted by Gasteiger charge is -2.12. The average molecular weight is 332 g/mol. The van der Waals surface area contributed by atoms with Gasteiger partial charge in [-0.05, 0) is 59.0 Å². The van der Waals surface area contributed by atoms with Gasteiger partial charge in [-0.25, -0.2) is 4.98 Å². The van der Waals surface area contributed by atoms with E-state index in [1.807, 2.05) is 30.3 Å². The second kappa shape index (κ2) is 5.25. The van der Waals surface area contributed by atoms with Crippen LogP contribution in [0.15, 0.2) is 34.8 Å². The molecule has 0 bridgehead atoms. The number of nitrogens with two attached hydrogens (primary N) is 1. The van der Waals surface area contributed by atoms with E-state index in [4.69, 9.17) is 15.9 Å². The minimum absolute atomic E-state index is 0.0192. The zero-order chi connectivity index (χ0) is 14.1. The molecule has 0 fully saturated rings. The van der Waals surface area contributed by atoms with Crippen LogP contribution in [0.5, 0.6) is 11.6 Å². The summed E-state index contributed by atoms with van der Waals surface area (Å²) in [7, 11) is 0. The Bertz CT molecular complexity index is 685. The second-order valence-electron chi connectivity index (χ2n) is 4.75. The van der Waals surface area contributed by atoms with Crippen molar-refractivity contribution >= 4 is 21.8 Å². The van der Waals surface area contributed by atoms with Crippen LogP contribution in [-0.4, -0.2) is 10.8 Å². The van der Waals surface area contributed by atoms with Crippen LogP contribution in [0.3, 0.4) is 0 Å². The van der Waals surface area contributed by atoms with E-state index in [1.54, 1.807) is 0 Å². The van der Waals surface area contributed by atoms with Crippen molar-refractivity contribution in [2.75, 3.05) is 0 Å². The first-order chi connectivity index (χ1) is 9.65. The van der Waals surface area contributed by atoms with Gasteiger partial charge in [-0.1, -0.05) is 12.1 Å². The molecule has 4 nitrogen and oxygen atoms in total. The predicted octanol–water partition coefficient (Wildman–Crippen LogP) is 3.41. The number of hydrogen-bond acceptors (Lipinski definition) is 3. The smallest absolute Gasteiger partial charge is 0.230 e. The van der Waals surface area contributed by atoms with Gasteiger partial charge in [0, 0.05) is 5.69 Å². The molecule has 5 heteroatoms. The fraction of sp³-hybridized carbons (Fsp3) is 0.200. The summed E-state index contributed by atoms with van der Waals surface area (Å²) in [5, 5.41) is 7.70. The van der Waals surface area contributed by atoms with Gasteiger partial charge in [0.25, 0.3) is 0 Å². The molecule has 1 aliphatic carbocycles. The third kappa shape index (κ3) is 2.41. The molecule has 1 aromatic heterocycles. The number of hydrogen-bond donors (Lipinski definition) is 2. The number of ether oxygens (including phenoxy) is 1. The number of rotatable bonds is 3. The van der Waals surface area contributed by atoms with Crippen LogP contribution < -0.4 is 10.5 Å². The van der Waals surface area contributed by atoms with Crippen LogP contribution in [-0.2, 0) is 12.8 Å². The summed E-state index contributed by atoms with van der Waals surface area (Å²) in [6.07, 6.45) is 3.05. The number of nitrogens with zero attached hydrogens (tertiary/aromatic N) is 1. The number of aromatic nitrogens is 1. The SMILES string of the molecule is N=C(N)c1cc2c(nc1Oc1ccccc1Br)CCC2. The number of nitrogens with one attached hydrogen (secondary N) is 1. The van der Waals surface area contributed by atoms with Crippen LogP contribution in [0.25, 0.3) is 0 Å². The Morgan fingerprint density at radius 3 is 2.85 bits per heavy atom. The highest BCUT2D eigenvalue weighted by Gasteiger charge is 2.19. The standard InChI is InChI=1S/C15H14BrN3O/c16-11-5-1-2-7-13(11)20-15-10(14(17)18)8-9-4-3-6-12(9)19-15/h1-2,5,7-8H,3-4,6H2,(H3,17,18). The first-order valence-electron chi connectivity index (χ1n) is 6.44. The zero-order valence-electron chi connectivity index (χ0n) is 10.8. The molecule has 1 aliphatic rings. The summed E-state index contributed by atoms with van der Waals surface area (Å²) in [5.41, 5.74) is 8.44. The highest BCUT2D eigenvalue weighted by atomic mass is 79.9. The maximum atomic E-state index is 7.70. The molecular formula is C15H14BrN3O. The van der Waals surface area contributed by atoms with E-state index in [0.717, 1.165) is 29.4 Å². The molecule has 0 saturated carbocycles. The topological polar surface area (TPSA) is 72.0 Å². The molecule has 1 aromatic carbocycles. The lowest BCUT2D eigenvalue weighted by atomic mass is 10.1. The number of fused-ring (bicyclic) bond motifs is 1. The maximum Gasteiger partial charge on any atom is 0.230 e. The molecule has 0 unspecified atom stereocenters. The Morgan fingerprint density at radius 2 is 2.10 bits per heavy atom. The van der Waals surface area contributed by atoms with Crippen molar-refractivity contribution in [1.29, 1.82) is 5.41 Å². The van der Waals surface area contributed by atoms with Crippen molar-refractivity contribution in [3.8, 4) is 11.6 Å². The average Bonchev–Trinajstić information content (AvgIpc) is 2.87. The van der Waals surface area contributed by atoms with E-state index in [2.05, 4.69) is 20.9 Å². The molecule has 0 saturated heterocycles. The van der Waals surface area contributed by atoms with Crippen molar-refractivity contribution < 1.29 is 4.74 Å². The molecule has 0 radical (unpaired) electrons. The largest absolute Gasteiger partial charge is 0.437 e. The van der Waals surface area contributed by atoms with Crippen molar-refractivity contribution in [3.63, 3.8) is 0 Å². The van der Waals surface area contributed by atoms with Crippen LogP contribution in [0.4, 0.5) is 0 Å². The molecule has 3 N–H and O–H groups in total. The van der Waals surface area contributed by atoms with Gasteiger partial charge in [-0.2, -0.15) is 0 Å². The monoisotopic (exact) mass is 331 g/mol. The Kier molecular flexibility index (Phi) is 3.44. The Hall–Kier alpha value is -1.88. The second-order valence-corrected chi connectivity index (χ2v) is 5.60. The summed E-state index contributed by atoms with van der Waals surface area (Å²) in [6.45, 7) is 0. The number of nitrogen functional groups attached to an aromatic ring is 1. The lowest BCUT2D eigenvalue weighted by Crippen LogP contribution is -2.14. The summed E-state index contributed by atoms with van der Waals surface area (Å²) >= 11 is 3.44. The molecule has 20 heavy (non-hydrogen) atoms. The third-order valence-electron chi connectivity index (χ3n) is 3.35. The van der Waals surface area contributed by atoms with Gasteiger partial charge in [-0.15, -0.1) is 0 Å². The van der Waals surface area contributed by atoms with E-state index >= 15 is 0 Å². The van der Waals surface area contributed by atoms with Crippen molar-refractivity contribution in [3.05, 3.63) is 51.6 Å². The first kappa shape index (κ1) is 13.1. The van der Waals surface area contributed by atoms with Gasteiger partial charge in [0.1, 0.15) is 11.6 Å². The number of aryl methyl sites for hydroxylation is 2. The number of halogens is 1. The Morgan fingerprint density at radius 1 is 1.30 bits per heavy atom. The molecule has 1 heterocycles. The molecule has 0 amide bonds. The summed E-state index contributed by atoms with van der Waals surface area (Å²) in [5.74, 6) is 1.06. The van der Waals surface area contributed by atoms with E-state index in [-0.39, 0.29) is 5.84 Å². The Balaban J connectivity index is 2.04. The predicted molar refractivity (Wildman–Crippen MR) is 81.5 cm³/mol. The molecule has 0 spiro atoms. The van der Waals surface area contributed by atoms with Crippen LogP contribution in [0.1, 0.15) is 23.2 Å². The molecular weight excluding hydrogens is 318 g/mol. The van der Waals surface area contributed by atoms with E-state index in [1.165, 1.54) is 5.56 Å². The van der Waals surface area contributed by atoms with Gasteiger partial charge >= 0.3 is 0 Å². The number of para-hydroxylation sites is 1. The first-order valence-corrected chi connectivity index (χ1v) is 7.24. The van der Waals surface area contributed by atoms with Gasteiger partial charge in [0.05, 0.1) is 10.0 Å². The lowest BCUT2D eigenvalue weighted by molar-refractivity contribution is 0.457. The maximum absolute atomic E-state index is 7.70. The van der Waals surface area contributed by atoms with Crippen LogP contribution >= 0.6 is 15.9 Å². The van der Waals surface area contributed by atoms with Crippen molar-refractivity contribution in [2.24, 2.45) is 5.73 Å². The fourth-order valence-electron chi connectivity index (χ4n) is 2.36. The molecule has 0 atom stereocenters. The van der Waals surface area contributed by atoms with Gasteiger partial charge in [0.2, 0.25) is 5.88 Å². The van der Waals surface area contributed by atoms with Crippen molar-refractivity contribution in [2.45, 2.75) is 19.3 Å². The molecule has 3 rings (SSSR count). The number of amidine groups is 1. The Labute approximate surface area is 125 Å². The van der Waals surface area contributed by atoms with Gasteiger partial charge < -0.3 is 10.5 Å². The summed E-state index contributed by atoms with van der Waals surface area (Å²) in [4.78, 5) is 4.55. The summed E-state index contributed by atoms with van der Waals surface area (Å²) < 4.78 is 6.69.